The van der Waals surface area contributed by atoms with Gasteiger partial charge in [0.1, 0.15) is 11.6 Å². The molecule has 0 radical (unpaired) electrons. The van der Waals surface area contributed by atoms with Crippen molar-refractivity contribution < 1.29 is 8.78 Å². The topological polar surface area (TPSA) is 12.4 Å². The zero-order valence-electron chi connectivity index (χ0n) is 9.41. The Kier molecular flexibility index (Phi) is 4.20. The number of nitrogens with zero attached hydrogens (tertiary/aromatic N) is 1. The molecule has 0 aliphatic heterocycles. The van der Waals surface area contributed by atoms with Crippen LogP contribution in [-0.4, -0.2) is 6.21 Å². The van der Waals surface area contributed by atoms with Gasteiger partial charge in [0, 0.05) is 22.7 Å². The summed E-state index contributed by atoms with van der Waals surface area (Å²) in [5.41, 5.74) is 0.785. The van der Waals surface area contributed by atoms with E-state index in [0.717, 1.165) is 10.2 Å². The summed E-state index contributed by atoms with van der Waals surface area (Å²) < 4.78 is 27.6. The summed E-state index contributed by atoms with van der Waals surface area (Å²) in [6.07, 6.45) is 1.64. The molecule has 1 nitrogen and oxygen atoms in total. The predicted molar refractivity (Wildman–Crippen MR) is 72.4 cm³/mol. The molecular weight excluding hydrogens is 300 g/mol. The lowest BCUT2D eigenvalue weighted by Crippen LogP contribution is -1.95. The summed E-state index contributed by atoms with van der Waals surface area (Å²) in [5.74, 6) is -1.09. The number of hydrogen-bond acceptors (Lipinski definition) is 1. The van der Waals surface area contributed by atoms with E-state index in [1.54, 1.807) is 0 Å². The first-order valence-corrected chi connectivity index (χ1v) is 6.17. The van der Waals surface area contributed by atoms with Crippen LogP contribution in [0.15, 0.2) is 51.9 Å². The van der Waals surface area contributed by atoms with Gasteiger partial charge in [-0.1, -0.05) is 22.0 Å². The van der Waals surface area contributed by atoms with Gasteiger partial charge in [0.2, 0.25) is 0 Å². The standard InChI is InChI=1S/C14H10BrF2N/c15-10-4-6-11(7-5-10)18-9-8-12-13(16)2-1-3-14(12)17/h1-7,9H,8H2. The molecule has 2 aromatic carbocycles. The summed E-state index contributed by atoms with van der Waals surface area (Å²) in [5, 5.41) is 0. The molecule has 2 rings (SSSR count). The number of hydrogen-bond donors (Lipinski definition) is 0. The third kappa shape index (κ3) is 3.23. The summed E-state index contributed by atoms with van der Waals surface area (Å²) in [6.45, 7) is 0. The zero-order valence-corrected chi connectivity index (χ0v) is 11.0. The number of halogens is 3. The van der Waals surface area contributed by atoms with Gasteiger partial charge in [0.05, 0.1) is 5.69 Å². The molecule has 92 valence electrons. The van der Waals surface area contributed by atoms with E-state index in [-0.39, 0.29) is 12.0 Å². The van der Waals surface area contributed by atoms with Crippen molar-refractivity contribution in [1.29, 1.82) is 0 Å². The van der Waals surface area contributed by atoms with Gasteiger partial charge in [-0.15, -0.1) is 0 Å². The second-order valence-electron chi connectivity index (χ2n) is 3.69. The Labute approximate surface area is 112 Å². The number of benzene rings is 2. The molecule has 4 heteroatoms. The second kappa shape index (κ2) is 5.87. The Hall–Kier alpha value is -1.55. The van der Waals surface area contributed by atoms with Crippen LogP contribution in [0.2, 0.25) is 0 Å². The van der Waals surface area contributed by atoms with Crippen molar-refractivity contribution in [2.24, 2.45) is 4.99 Å². The molecule has 0 spiro atoms. The smallest absolute Gasteiger partial charge is 0.129 e. The monoisotopic (exact) mass is 309 g/mol. The van der Waals surface area contributed by atoms with E-state index < -0.39 is 11.6 Å². The lowest BCUT2D eigenvalue weighted by molar-refractivity contribution is 0.565. The lowest BCUT2D eigenvalue weighted by atomic mass is 10.1. The van der Waals surface area contributed by atoms with Crippen LogP contribution in [0.1, 0.15) is 5.56 Å². The van der Waals surface area contributed by atoms with Gasteiger partial charge in [-0.25, -0.2) is 8.78 Å². The van der Waals surface area contributed by atoms with Crippen molar-refractivity contribution in [2.45, 2.75) is 6.42 Å². The quantitative estimate of drug-likeness (QED) is 0.730. The Balaban J connectivity index is 2.09. The normalized spacial score (nSPS) is 11.1. The average molecular weight is 310 g/mol. The number of aliphatic imine (C=N–C) groups is 1. The van der Waals surface area contributed by atoms with Crippen molar-refractivity contribution in [1.82, 2.24) is 0 Å². The summed E-state index contributed by atoms with van der Waals surface area (Å²) in [6, 6.07) is 11.2. The fourth-order valence-corrected chi connectivity index (χ4v) is 1.76. The van der Waals surface area contributed by atoms with Gasteiger partial charge in [-0.2, -0.15) is 0 Å². The summed E-state index contributed by atoms with van der Waals surface area (Å²) in [4.78, 5) is 4.15. The van der Waals surface area contributed by atoms with Crippen molar-refractivity contribution in [3.05, 3.63) is 64.1 Å². The van der Waals surface area contributed by atoms with Gasteiger partial charge in [-0.3, -0.25) is 4.99 Å². The van der Waals surface area contributed by atoms with E-state index in [2.05, 4.69) is 20.9 Å². The van der Waals surface area contributed by atoms with Gasteiger partial charge in [-0.05, 0) is 36.4 Å². The highest BCUT2D eigenvalue weighted by molar-refractivity contribution is 9.10. The Morgan fingerprint density at radius 2 is 1.61 bits per heavy atom. The minimum Gasteiger partial charge on any atom is -0.261 e. The van der Waals surface area contributed by atoms with E-state index in [4.69, 9.17) is 0 Å². The molecule has 0 amide bonds. The lowest BCUT2D eigenvalue weighted by Gasteiger charge is -2.00. The average Bonchev–Trinajstić information content (AvgIpc) is 2.35. The van der Waals surface area contributed by atoms with Crippen LogP contribution in [0.4, 0.5) is 14.5 Å². The maximum Gasteiger partial charge on any atom is 0.129 e. The maximum atomic E-state index is 13.3. The van der Waals surface area contributed by atoms with Crippen LogP contribution in [0, 0.1) is 11.6 Å². The summed E-state index contributed by atoms with van der Waals surface area (Å²) in [7, 11) is 0. The fraction of sp³-hybridized carbons (Fsp3) is 0.0714. The van der Waals surface area contributed by atoms with Crippen molar-refractivity contribution in [3.8, 4) is 0 Å². The number of rotatable bonds is 3. The van der Waals surface area contributed by atoms with Crippen LogP contribution in [0.5, 0.6) is 0 Å². The third-order valence-electron chi connectivity index (χ3n) is 2.42. The van der Waals surface area contributed by atoms with E-state index >= 15 is 0 Å². The molecule has 0 aliphatic carbocycles. The summed E-state index contributed by atoms with van der Waals surface area (Å²) >= 11 is 3.32. The molecule has 0 atom stereocenters. The molecule has 0 heterocycles. The SMILES string of the molecule is Fc1cccc(F)c1CC=Nc1ccc(Br)cc1. The van der Waals surface area contributed by atoms with Gasteiger partial charge in [0.25, 0.3) is 0 Å². The minimum absolute atomic E-state index is 0.0401. The van der Waals surface area contributed by atoms with Gasteiger partial charge >= 0.3 is 0 Å². The molecule has 0 unspecified atom stereocenters. The van der Waals surface area contributed by atoms with Crippen LogP contribution in [-0.2, 0) is 6.42 Å². The van der Waals surface area contributed by atoms with Gasteiger partial charge in [0.15, 0.2) is 0 Å². The molecule has 0 saturated heterocycles. The highest BCUT2D eigenvalue weighted by Crippen LogP contribution is 2.17. The Bertz CT molecular complexity index is 544. The molecule has 0 fully saturated rings. The van der Waals surface area contributed by atoms with Crippen molar-refractivity contribution in [3.63, 3.8) is 0 Å². The molecule has 0 saturated carbocycles. The van der Waals surface area contributed by atoms with E-state index in [0.29, 0.717) is 0 Å². The van der Waals surface area contributed by atoms with Gasteiger partial charge < -0.3 is 0 Å². The minimum atomic E-state index is -0.544. The zero-order chi connectivity index (χ0) is 13.0. The maximum absolute atomic E-state index is 13.3. The molecule has 0 bridgehead atoms. The van der Waals surface area contributed by atoms with E-state index in [1.807, 2.05) is 24.3 Å². The van der Waals surface area contributed by atoms with Crippen molar-refractivity contribution in [2.75, 3.05) is 0 Å². The molecular formula is C14H10BrF2N. The highest BCUT2D eigenvalue weighted by atomic mass is 79.9. The first kappa shape index (κ1) is 12.9. The fourth-order valence-electron chi connectivity index (χ4n) is 1.50. The highest BCUT2D eigenvalue weighted by Gasteiger charge is 2.05. The van der Waals surface area contributed by atoms with Crippen LogP contribution in [0.25, 0.3) is 0 Å². The Morgan fingerprint density at radius 3 is 2.22 bits per heavy atom. The second-order valence-corrected chi connectivity index (χ2v) is 4.61. The molecule has 0 aliphatic rings. The van der Waals surface area contributed by atoms with E-state index in [1.165, 1.54) is 24.4 Å². The first-order chi connectivity index (χ1) is 8.66. The Morgan fingerprint density at radius 1 is 1.00 bits per heavy atom. The molecule has 0 aromatic heterocycles. The molecule has 2 aromatic rings. The van der Waals surface area contributed by atoms with Crippen LogP contribution >= 0.6 is 15.9 Å². The van der Waals surface area contributed by atoms with Crippen LogP contribution in [0.3, 0.4) is 0 Å². The largest absolute Gasteiger partial charge is 0.261 e. The molecule has 0 N–H and O–H groups in total. The van der Waals surface area contributed by atoms with Crippen molar-refractivity contribution >= 4 is 27.8 Å². The molecule has 18 heavy (non-hydrogen) atoms. The van der Waals surface area contributed by atoms with Crippen LogP contribution < -0.4 is 0 Å². The van der Waals surface area contributed by atoms with E-state index in [9.17, 15) is 8.78 Å². The third-order valence-corrected chi connectivity index (χ3v) is 2.95. The first-order valence-electron chi connectivity index (χ1n) is 5.38. The predicted octanol–water partition coefficient (Wildman–Crippen LogP) is 4.67.